The van der Waals surface area contributed by atoms with Gasteiger partial charge in [-0.2, -0.15) is 0 Å². The highest BCUT2D eigenvalue weighted by Gasteiger charge is 2.06. The molecule has 0 bridgehead atoms. The largest absolute Gasteiger partial charge is 0.481 e. The Bertz CT molecular complexity index is 564. The summed E-state index contributed by atoms with van der Waals surface area (Å²) in [7, 11) is 0. The minimum atomic E-state index is -0.735. The molecule has 0 radical (unpaired) electrons. The second-order valence-corrected chi connectivity index (χ2v) is 4.71. The summed E-state index contributed by atoms with van der Waals surface area (Å²) < 4.78 is 0. The van der Waals surface area contributed by atoms with E-state index in [2.05, 4.69) is 17.2 Å². The molecule has 1 unspecified atom stereocenters. The summed E-state index contributed by atoms with van der Waals surface area (Å²) in [5.41, 5.74) is 2.01. The lowest BCUT2D eigenvalue weighted by molar-refractivity contribution is -0.137. The monoisotopic (exact) mass is 258 g/mol. The van der Waals surface area contributed by atoms with Crippen molar-refractivity contribution in [1.29, 1.82) is 0 Å². The van der Waals surface area contributed by atoms with E-state index in [1.165, 1.54) is 0 Å². The zero-order valence-corrected chi connectivity index (χ0v) is 11.0. The quantitative estimate of drug-likeness (QED) is 0.834. The minimum absolute atomic E-state index is 0.225. The van der Waals surface area contributed by atoms with Crippen LogP contribution in [0.5, 0.6) is 0 Å². The van der Waals surface area contributed by atoms with Gasteiger partial charge in [0.2, 0.25) is 0 Å². The number of fused-ring (bicyclic) bond motifs is 1. The Morgan fingerprint density at radius 3 is 2.95 bits per heavy atom. The molecule has 4 heteroatoms. The molecule has 2 rings (SSSR count). The van der Waals surface area contributed by atoms with E-state index in [1.807, 2.05) is 30.3 Å². The number of rotatable bonds is 6. The van der Waals surface area contributed by atoms with Crippen molar-refractivity contribution < 1.29 is 9.90 Å². The van der Waals surface area contributed by atoms with Crippen LogP contribution in [0.25, 0.3) is 10.9 Å². The van der Waals surface area contributed by atoms with Crippen LogP contribution in [0.3, 0.4) is 0 Å². The van der Waals surface area contributed by atoms with E-state index in [-0.39, 0.29) is 12.5 Å². The highest BCUT2D eigenvalue weighted by molar-refractivity contribution is 5.90. The Morgan fingerprint density at radius 1 is 1.37 bits per heavy atom. The highest BCUT2D eigenvalue weighted by Crippen LogP contribution is 2.22. The van der Waals surface area contributed by atoms with Gasteiger partial charge in [0, 0.05) is 29.7 Å². The summed E-state index contributed by atoms with van der Waals surface area (Å²) in [4.78, 5) is 14.8. The Labute approximate surface area is 112 Å². The first-order valence-corrected chi connectivity index (χ1v) is 6.49. The predicted octanol–water partition coefficient (Wildman–Crippen LogP) is 3.29. The number of hydrogen-bond donors (Lipinski definition) is 2. The van der Waals surface area contributed by atoms with Crippen molar-refractivity contribution in [2.45, 2.75) is 32.2 Å². The Hall–Kier alpha value is -2.10. The summed E-state index contributed by atoms with van der Waals surface area (Å²) in [6.45, 7) is 2.07. The summed E-state index contributed by atoms with van der Waals surface area (Å²) in [5, 5.41) is 13.1. The van der Waals surface area contributed by atoms with Gasteiger partial charge in [-0.25, -0.2) is 0 Å². The average Bonchev–Trinajstić information content (AvgIpc) is 2.39. The molecule has 0 saturated carbocycles. The van der Waals surface area contributed by atoms with E-state index in [1.54, 1.807) is 6.20 Å². The van der Waals surface area contributed by atoms with Crippen molar-refractivity contribution in [3.63, 3.8) is 0 Å². The summed E-state index contributed by atoms with van der Waals surface area (Å²) in [6.07, 6.45) is 3.53. The zero-order chi connectivity index (χ0) is 13.7. The van der Waals surface area contributed by atoms with Crippen LogP contribution in [-0.4, -0.2) is 22.1 Å². The number of hydrogen-bond acceptors (Lipinski definition) is 3. The van der Waals surface area contributed by atoms with E-state index in [0.29, 0.717) is 6.42 Å². The van der Waals surface area contributed by atoms with E-state index in [4.69, 9.17) is 5.11 Å². The minimum Gasteiger partial charge on any atom is -0.481 e. The molecule has 0 aliphatic heterocycles. The fraction of sp³-hybridized carbons (Fsp3) is 0.333. The topological polar surface area (TPSA) is 62.2 Å². The van der Waals surface area contributed by atoms with Crippen molar-refractivity contribution >= 4 is 22.6 Å². The second-order valence-electron chi connectivity index (χ2n) is 4.71. The van der Waals surface area contributed by atoms with Crippen molar-refractivity contribution in [3.8, 4) is 0 Å². The maximum absolute atomic E-state index is 10.5. The van der Waals surface area contributed by atoms with Gasteiger partial charge in [-0.1, -0.05) is 18.2 Å². The van der Waals surface area contributed by atoms with Crippen LogP contribution in [0, 0.1) is 0 Å². The highest BCUT2D eigenvalue weighted by atomic mass is 16.4. The first-order chi connectivity index (χ1) is 9.16. The van der Waals surface area contributed by atoms with Gasteiger partial charge in [0.1, 0.15) is 0 Å². The van der Waals surface area contributed by atoms with E-state index in [9.17, 15) is 4.79 Å². The predicted molar refractivity (Wildman–Crippen MR) is 76.3 cm³/mol. The maximum Gasteiger partial charge on any atom is 0.303 e. The summed E-state index contributed by atoms with van der Waals surface area (Å²) >= 11 is 0. The maximum atomic E-state index is 10.5. The standard InChI is InChI=1S/C15H18N2O2/c1-11(5-4-8-15(18)19)17-14-9-10-16-13-7-3-2-6-12(13)14/h2-3,6-7,9-11H,4-5,8H2,1H3,(H,16,17)(H,18,19). The van der Waals surface area contributed by atoms with Gasteiger partial charge >= 0.3 is 5.97 Å². The number of nitrogens with one attached hydrogen (secondary N) is 1. The Kier molecular flexibility index (Phi) is 4.34. The molecule has 100 valence electrons. The van der Waals surface area contributed by atoms with Crippen LogP contribution in [0.4, 0.5) is 5.69 Å². The molecule has 1 aromatic carbocycles. The van der Waals surface area contributed by atoms with Gasteiger partial charge in [-0.05, 0) is 31.9 Å². The third-order valence-electron chi connectivity index (χ3n) is 3.08. The number of carbonyl (C=O) groups is 1. The molecular weight excluding hydrogens is 240 g/mol. The van der Waals surface area contributed by atoms with Crippen LogP contribution in [0.15, 0.2) is 36.5 Å². The molecule has 0 spiro atoms. The second kappa shape index (κ2) is 6.18. The fourth-order valence-electron chi connectivity index (χ4n) is 2.12. The molecule has 2 N–H and O–H groups in total. The van der Waals surface area contributed by atoms with Gasteiger partial charge in [-0.3, -0.25) is 9.78 Å². The first-order valence-electron chi connectivity index (χ1n) is 6.49. The third kappa shape index (κ3) is 3.68. The number of para-hydroxylation sites is 1. The molecule has 0 amide bonds. The van der Waals surface area contributed by atoms with E-state index >= 15 is 0 Å². The van der Waals surface area contributed by atoms with Crippen molar-refractivity contribution in [3.05, 3.63) is 36.5 Å². The molecule has 1 aromatic heterocycles. The molecule has 19 heavy (non-hydrogen) atoms. The number of anilines is 1. The normalized spacial score (nSPS) is 12.3. The van der Waals surface area contributed by atoms with Crippen LogP contribution >= 0.6 is 0 Å². The molecule has 1 atom stereocenters. The van der Waals surface area contributed by atoms with E-state index in [0.717, 1.165) is 23.0 Å². The molecular formula is C15H18N2O2. The van der Waals surface area contributed by atoms with Crippen LogP contribution in [0.2, 0.25) is 0 Å². The molecule has 0 fully saturated rings. The lowest BCUT2D eigenvalue weighted by Gasteiger charge is -2.16. The molecule has 0 aliphatic rings. The molecule has 2 aromatic rings. The Balaban J connectivity index is 2.02. The van der Waals surface area contributed by atoms with E-state index < -0.39 is 5.97 Å². The lowest BCUT2D eigenvalue weighted by Crippen LogP contribution is -2.15. The smallest absolute Gasteiger partial charge is 0.303 e. The number of carboxylic acids is 1. The van der Waals surface area contributed by atoms with Crippen molar-refractivity contribution in [2.75, 3.05) is 5.32 Å². The third-order valence-corrected chi connectivity index (χ3v) is 3.08. The number of pyridine rings is 1. The number of benzene rings is 1. The van der Waals surface area contributed by atoms with Crippen LogP contribution in [-0.2, 0) is 4.79 Å². The molecule has 0 saturated heterocycles. The number of aliphatic carboxylic acids is 1. The van der Waals surface area contributed by atoms with Gasteiger partial charge in [-0.15, -0.1) is 0 Å². The summed E-state index contributed by atoms with van der Waals surface area (Å²) in [6, 6.07) is 10.2. The molecule has 0 aliphatic carbocycles. The van der Waals surface area contributed by atoms with Crippen LogP contribution in [0.1, 0.15) is 26.2 Å². The van der Waals surface area contributed by atoms with Gasteiger partial charge in [0.05, 0.1) is 5.52 Å². The van der Waals surface area contributed by atoms with Gasteiger partial charge in [0.25, 0.3) is 0 Å². The van der Waals surface area contributed by atoms with Crippen molar-refractivity contribution in [1.82, 2.24) is 4.98 Å². The van der Waals surface area contributed by atoms with Gasteiger partial charge < -0.3 is 10.4 Å². The number of aromatic nitrogens is 1. The lowest BCUT2D eigenvalue weighted by atomic mass is 10.1. The zero-order valence-electron chi connectivity index (χ0n) is 11.0. The first kappa shape index (κ1) is 13.3. The SMILES string of the molecule is CC(CCCC(=O)O)Nc1ccnc2ccccc12. The van der Waals surface area contributed by atoms with Crippen molar-refractivity contribution in [2.24, 2.45) is 0 Å². The fourth-order valence-corrected chi connectivity index (χ4v) is 2.12. The summed E-state index contributed by atoms with van der Waals surface area (Å²) in [5.74, 6) is -0.735. The Morgan fingerprint density at radius 2 is 2.16 bits per heavy atom. The number of nitrogens with zero attached hydrogens (tertiary/aromatic N) is 1. The molecule has 1 heterocycles. The van der Waals surface area contributed by atoms with Crippen LogP contribution < -0.4 is 5.32 Å². The molecule has 4 nitrogen and oxygen atoms in total. The number of carboxylic acid groups (broad SMARTS) is 1. The van der Waals surface area contributed by atoms with Gasteiger partial charge in [0.15, 0.2) is 0 Å². The average molecular weight is 258 g/mol.